The van der Waals surface area contributed by atoms with E-state index in [4.69, 9.17) is 5.21 Å². The van der Waals surface area contributed by atoms with Crippen LogP contribution in [0.2, 0.25) is 0 Å². The lowest BCUT2D eigenvalue weighted by Gasteiger charge is -2.18. The van der Waals surface area contributed by atoms with Gasteiger partial charge < -0.3 is 53.2 Å². The summed E-state index contributed by atoms with van der Waals surface area (Å²) in [6.07, 6.45) is 7.05. The molecule has 0 bridgehead atoms. The molecule has 1 N–H and O–H groups in total. The van der Waals surface area contributed by atoms with Gasteiger partial charge in [0.25, 0.3) is 0 Å². The van der Waals surface area contributed by atoms with Crippen LogP contribution in [0.1, 0.15) is 48.0 Å². The molecule has 5 nitrogen and oxygen atoms in total. The topological polar surface area (TPSA) is 57.4 Å². The van der Waals surface area contributed by atoms with Gasteiger partial charge in [-0.2, -0.15) is 0 Å². The van der Waals surface area contributed by atoms with Crippen molar-refractivity contribution in [3.8, 4) is 0 Å². The summed E-state index contributed by atoms with van der Waals surface area (Å²) in [4.78, 5) is 12.3. The lowest BCUT2D eigenvalue weighted by molar-refractivity contribution is -0.672. The first-order valence-corrected chi connectivity index (χ1v) is 9.45. The molecular weight excluding hydrogens is 616 g/mol. The highest BCUT2D eigenvalue weighted by Gasteiger charge is 2.15. The van der Waals surface area contributed by atoms with Crippen LogP contribution in [0.25, 0.3) is 0 Å². The van der Waals surface area contributed by atoms with Crippen LogP contribution in [0, 0.1) is 0 Å². The fourth-order valence-electron chi connectivity index (χ4n) is 2.67. The Hall–Kier alpha value is -1.88. The van der Waals surface area contributed by atoms with E-state index in [1.807, 2.05) is 96.4 Å². The number of carbonyl (C=O) groups is 1. The third kappa shape index (κ3) is 9.02. The Bertz CT molecular complexity index is 981. The van der Waals surface area contributed by atoms with E-state index in [1.165, 1.54) is 11.8 Å². The molecule has 0 saturated carbocycles. The van der Waals surface area contributed by atoms with Crippen molar-refractivity contribution in [2.75, 3.05) is 0 Å². The molecule has 0 amide bonds. The summed E-state index contributed by atoms with van der Waals surface area (Å²) in [6.45, 7) is 6.50. The first-order chi connectivity index (χ1) is 13.7. The SMILES string of the molecule is C[n+]1ccc(C(=O)c2ccc(C(C)(C)C)cc2)cc1.C[n+]1ccccc1C=NO.[I-].[I-]. The lowest BCUT2D eigenvalue weighted by Crippen LogP contribution is -3.00. The van der Waals surface area contributed by atoms with E-state index in [0.29, 0.717) is 0 Å². The summed E-state index contributed by atoms with van der Waals surface area (Å²) >= 11 is 0. The van der Waals surface area contributed by atoms with E-state index in [0.717, 1.165) is 16.8 Å². The average molecular weight is 645 g/mol. The highest BCUT2D eigenvalue weighted by atomic mass is 127. The summed E-state index contributed by atoms with van der Waals surface area (Å²) in [6, 6.07) is 17.3. The van der Waals surface area contributed by atoms with Crippen molar-refractivity contribution in [1.29, 1.82) is 0 Å². The molecule has 7 heteroatoms. The second-order valence-electron chi connectivity index (χ2n) is 7.89. The van der Waals surface area contributed by atoms with Crippen LogP contribution in [0.15, 0.2) is 78.3 Å². The maximum Gasteiger partial charge on any atom is 0.226 e. The number of aryl methyl sites for hydroxylation is 2. The van der Waals surface area contributed by atoms with Gasteiger partial charge in [0, 0.05) is 35.4 Å². The van der Waals surface area contributed by atoms with Gasteiger partial charge in [-0.05, 0) is 17.0 Å². The molecule has 0 fully saturated rings. The Labute approximate surface area is 218 Å². The Morgan fingerprint density at radius 1 is 0.871 bits per heavy atom. The molecule has 0 saturated heterocycles. The predicted molar refractivity (Wildman–Crippen MR) is 113 cm³/mol. The number of pyridine rings is 2. The van der Waals surface area contributed by atoms with E-state index < -0.39 is 0 Å². The van der Waals surface area contributed by atoms with Crippen LogP contribution >= 0.6 is 0 Å². The highest BCUT2D eigenvalue weighted by molar-refractivity contribution is 6.08. The second-order valence-corrected chi connectivity index (χ2v) is 7.89. The van der Waals surface area contributed by atoms with Crippen molar-refractivity contribution in [2.24, 2.45) is 19.3 Å². The lowest BCUT2D eigenvalue weighted by atomic mass is 9.86. The fourth-order valence-corrected chi connectivity index (χ4v) is 2.67. The average Bonchev–Trinajstić information content (AvgIpc) is 2.70. The summed E-state index contributed by atoms with van der Waals surface area (Å²) in [7, 11) is 3.82. The fraction of sp³-hybridized carbons (Fsp3) is 0.250. The molecule has 3 aromatic rings. The van der Waals surface area contributed by atoms with Gasteiger partial charge in [-0.15, -0.1) is 0 Å². The molecule has 2 aromatic heterocycles. The molecule has 2 heterocycles. The molecule has 0 aliphatic carbocycles. The number of ketones is 1. The number of hydrogen-bond acceptors (Lipinski definition) is 3. The summed E-state index contributed by atoms with van der Waals surface area (Å²) in [5.41, 5.74) is 3.68. The third-order valence-corrected chi connectivity index (χ3v) is 4.54. The highest BCUT2D eigenvalue weighted by Crippen LogP contribution is 2.22. The minimum Gasteiger partial charge on any atom is -1.00 e. The van der Waals surface area contributed by atoms with Crippen molar-refractivity contribution in [3.63, 3.8) is 0 Å². The molecule has 166 valence electrons. The molecule has 31 heavy (non-hydrogen) atoms. The summed E-state index contributed by atoms with van der Waals surface area (Å²) in [5.74, 6) is 0.0704. The minimum absolute atomic E-state index is 0. The van der Waals surface area contributed by atoms with Gasteiger partial charge >= 0.3 is 0 Å². The van der Waals surface area contributed by atoms with Crippen molar-refractivity contribution in [3.05, 3.63) is 95.6 Å². The van der Waals surface area contributed by atoms with Crippen molar-refractivity contribution in [1.82, 2.24) is 0 Å². The van der Waals surface area contributed by atoms with Gasteiger partial charge in [0.1, 0.15) is 20.3 Å². The second kappa shape index (κ2) is 13.5. The maximum absolute atomic E-state index is 12.3. The number of halogens is 2. The number of hydrogen-bond donors (Lipinski definition) is 1. The standard InChI is InChI=1S/C17H20NO.C7H8N2O.2HI/c1-17(2,3)15-7-5-13(6-8-15)16(19)14-9-11-18(4)12-10-14;1-9-5-3-2-4-7(9)6-8-10;;/h5-12H,1-4H3;2-6H,1H3;2*1H/q+1;;;/p-1. The summed E-state index contributed by atoms with van der Waals surface area (Å²) < 4.78 is 3.78. The molecule has 0 unspecified atom stereocenters. The zero-order valence-electron chi connectivity index (χ0n) is 18.5. The maximum atomic E-state index is 12.3. The van der Waals surface area contributed by atoms with Gasteiger partial charge in [-0.25, -0.2) is 9.13 Å². The van der Waals surface area contributed by atoms with Crippen molar-refractivity contribution in [2.45, 2.75) is 26.2 Å². The monoisotopic (exact) mass is 645 g/mol. The first-order valence-electron chi connectivity index (χ1n) is 9.45. The predicted octanol–water partition coefficient (Wildman–Crippen LogP) is -2.63. The van der Waals surface area contributed by atoms with Gasteiger partial charge in [-0.3, -0.25) is 4.79 Å². The zero-order valence-corrected chi connectivity index (χ0v) is 22.8. The van der Waals surface area contributed by atoms with Crippen LogP contribution in [0.4, 0.5) is 0 Å². The van der Waals surface area contributed by atoms with Crippen LogP contribution in [-0.4, -0.2) is 17.2 Å². The molecule has 1 aromatic carbocycles. The molecule has 0 atom stereocenters. The van der Waals surface area contributed by atoms with E-state index in [2.05, 4.69) is 25.9 Å². The van der Waals surface area contributed by atoms with Crippen LogP contribution in [0.5, 0.6) is 0 Å². The van der Waals surface area contributed by atoms with E-state index >= 15 is 0 Å². The number of benzene rings is 1. The third-order valence-electron chi connectivity index (χ3n) is 4.54. The molecule has 0 aliphatic heterocycles. The number of oxime groups is 1. The Morgan fingerprint density at radius 3 is 1.90 bits per heavy atom. The first kappa shape index (κ1) is 29.1. The van der Waals surface area contributed by atoms with Gasteiger partial charge in [0.05, 0.1) is 0 Å². The zero-order chi connectivity index (χ0) is 21.4. The molecule has 0 aliphatic rings. The van der Waals surface area contributed by atoms with E-state index in [1.54, 1.807) is 0 Å². The number of rotatable bonds is 3. The Kier molecular flexibility index (Phi) is 12.7. The number of nitrogens with zero attached hydrogens (tertiary/aromatic N) is 3. The number of carbonyl (C=O) groups excluding carboxylic acids is 1. The van der Waals surface area contributed by atoms with Crippen molar-refractivity contribution < 1.29 is 67.1 Å². The molecular formula is C24H29I2N3O2. The number of aromatic nitrogens is 2. The van der Waals surface area contributed by atoms with Crippen LogP contribution in [-0.2, 0) is 19.5 Å². The Morgan fingerprint density at radius 2 is 1.42 bits per heavy atom. The molecule has 0 radical (unpaired) electrons. The van der Waals surface area contributed by atoms with Crippen molar-refractivity contribution >= 4 is 12.0 Å². The van der Waals surface area contributed by atoms with Gasteiger partial charge in [0.2, 0.25) is 5.69 Å². The van der Waals surface area contributed by atoms with E-state index in [9.17, 15) is 4.79 Å². The Balaban J connectivity index is 0.000000643. The minimum atomic E-state index is 0. The molecule has 0 spiro atoms. The van der Waals surface area contributed by atoms with Gasteiger partial charge in [-0.1, -0.05) is 50.2 Å². The summed E-state index contributed by atoms with van der Waals surface area (Å²) in [5, 5.41) is 11.1. The largest absolute Gasteiger partial charge is 1.00 e. The van der Waals surface area contributed by atoms with Gasteiger partial charge in [0.15, 0.2) is 24.4 Å². The van der Waals surface area contributed by atoms with Crippen LogP contribution < -0.4 is 57.1 Å². The molecule has 3 rings (SSSR count). The van der Waals surface area contributed by atoms with E-state index in [-0.39, 0.29) is 59.2 Å². The quantitative estimate of drug-likeness (QED) is 0.0848. The smallest absolute Gasteiger partial charge is 0.226 e. The van der Waals surface area contributed by atoms with Crippen LogP contribution in [0.3, 0.4) is 0 Å². The normalized spacial score (nSPS) is 10.4.